The first kappa shape index (κ1) is 10.2. The third-order valence-electron chi connectivity index (χ3n) is 2.15. The number of nitrogens with one attached hydrogen (secondary N) is 1. The summed E-state index contributed by atoms with van der Waals surface area (Å²) in [7, 11) is 0. The van der Waals surface area contributed by atoms with Crippen LogP contribution >= 0.6 is 12.4 Å². The van der Waals surface area contributed by atoms with Gasteiger partial charge in [0.2, 0.25) is 0 Å². The van der Waals surface area contributed by atoms with Crippen LogP contribution in [0.4, 0.5) is 0 Å². The normalized spacial score (nSPS) is 26.1. The Hall–Kier alpha value is 0.250. The largest absolute Gasteiger partial charge is 0.314 e. The molecule has 1 N–H and O–H groups in total. The second-order valence-electron chi connectivity index (χ2n) is 3.30. The Labute approximate surface area is 70.0 Å². The summed E-state index contributed by atoms with van der Waals surface area (Å²) >= 11 is 0. The Morgan fingerprint density at radius 2 is 2.00 bits per heavy atom. The molecule has 1 saturated heterocycles. The second kappa shape index (κ2) is 4.97. The highest BCUT2D eigenvalue weighted by atomic mass is 35.5. The lowest BCUT2D eigenvalue weighted by Gasteiger charge is -2.26. The SMILES string of the molecule is CC(C)[C@H]1CCCCN1.Cl. The van der Waals surface area contributed by atoms with Crippen LogP contribution in [0, 0.1) is 5.92 Å². The van der Waals surface area contributed by atoms with E-state index in [2.05, 4.69) is 19.2 Å². The van der Waals surface area contributed by atoms with Gasteiger partial charge in [-0.1, -0.05) is 20.3 Å². The molecular formula is C8H18ClN. The molecule has 0 unspecified atom stereocenters. The van der Waals surface area contributed by atoms with Crippen molar-refractivity contribution in [3.63, 3.8) is 0 Å². The molecule has 0 radical (unpaired) electrons. The molecule has 2 heteroatoms. The van der Waals surface area contributed by atoms with Crippen LogP contribution in [0.2, 0.25) is 0 Å². The lowest BCUT2D eigenvalue weighted by molar-refractivity contribution is 0.326. The van der Waals surface area contributed by atoms with Gasteiger partial charge in [-0.15, -0.1) is 12.4 Å². The summed E-state index contributed by atoms with van der Waals surface area (Å²) in [4.78, 5) is 0. The standard InChI is InChI=1S/C8H17N.ClH/c1-7(2)8-5-3-4-6-9-8;/h7-9H,3-6H2,1-2H3;1H/t8-;/m1./s1. The molecule has 1 rings (SSSR count). The molecule has 10 heavy (non-hydrogen) atoms. The Balaban J connectivity index is 0.000000810. The van der Waals surface area contributed by atoms with Gasteiger partial charge < -0.3 is 5.32 Å². The third kappa shape index (κ3) is 2.89. The average molecular weight is 164 g/mol. The lowest BCUT2D eigenvalue weighted by atomic mass is 9.95. The van der Waals surface area contributed by atoms with Gasteiger partial charge >= 0.3 is 0 Å². The Morgan fingerprint density at radius 1 is 1.30 bits per heavy atom. The number of hydrogen-bond donors (Lipinski definition) is 1. The van der Waals surface area contributed by atoms with Crippen molar-refractivity contribution in [2.75, 3.05) is 6.54 Å². The van der Waals surface area contributed by atoms with Gasteiger partial charge in [-0.3, -0.25) is 0 Å². The van der Waals surface area contributed by atoms with Crippen LogP contribution in [0.5, 0.6) is 0 Å². The second-order valence-corrected chi connectivity index (χ2v) is 3.30. The van der Waals surface area contributed by atoms with E-state index in [0.29, 0.717) is 0 Å². The van der Waals surface area contributed by atoms with Crippen LogP contribution < -0.4 is 5.32 Å². The lowest BCUT2D eigenvalue weighted by Crippen LogP contribution is -2.37. The van der Waals surface area contributed by atoms with Crippen molar-refractivity contribution in [2.45, 2.75) is 39.2 Å². The summed E-state index contributed by atoms with van der Waals surface area (Å²) in [6.07, 6.45) is 4.19. The van der Waals surface area contributed by atoms with Crippen molar-refractivity contribution in [3.05, 3.63) is 0 Å². The molecule has 62 valence electrons. The van der Waals surface area contributed by atoms with Gasteiger partial charge in [0, 0.05) is 6.04 Å². The molecule has 0 aromatic rings. The summed E-state index contributed by atoms with van der Waals surface area (Å²) in [6, 6.07) is 0.804. The van der Waals surface area contributed by atoms with Crippen molar-refractivity contribution in [2.24, 2.45) is 5.92 Å². The minimum Gasteiger partial charge on any atom is -0.314 e. The summed E-state index contributed by atoms with van der Waals surface area (Å²) in [6.45, 7) is 5.83. The minimum atomic E-state index is 0. The maximum absolute atomic E-state index is 3.52. The molecule has 1 nitrogen and oxygen atoms in total. The van der Waals surface area contributed by atoms with Crippen LogP contribution in [0.1, 0.15) is 33.1 Å². The molecule has 0 spiro atoms. The zero-order chi connectivity index (χ0) is 6.69. The predicted molar refractivity (Wildman–Crippen MR) is 47.7 cm³/mol. The van der Waals surface area contributed by atoms with E-state index < -0.39 is 0 Å². The zero-order valence-electron chi connectivity index (χ0n) is 6.89. The number of rotatable bonds is 1. The fourth-order valence-electron chi connectivity index (χ4n) is 1.45. The van der Waals surface area contributed by atoms with Crippen LogP contribution in [0.15, 0.2) is 0 Å². The molecule has 0 bridgehead atoms. The van der Waals surface area contributed by atoms with E-state index in [4.69, 9.17) is 0 Å². The minimum absolute atomic E-state index is 0. The van der Waals surface area contributed by atoms with Crippen molar-refractivity contribution in [3.8, 4) is 0 Å². The molecule has 0 aromatic heterocycles. The van der Waals surface area contributed by atoms with E-state index in [1.54, 1.807) is 0 Å². The maximum Gasteiger partial charge on any atom is 0.00900 e. The monoisotopic (exact) mass is 163 g/mol. The van der Waals surface area contributed by atoms with Crippen molar-refractivity contribution < 1.29 is 0 Å². The van der Waals surface area contributed by atoms with Crippen LogP contribution in [-0.4, -0.2) is 12.6 Å². The highest BCUT2D eigenvalue weighted by Crippen LogP contribution is 2.13. The molecule has 0 amide bonds. The van der Waals surface area contributed by atoms with Gasteiger partial charge in [0.1, 0.15) is 0 Å². The van der Waals surface area contributed by atoms with Gasteiger partial charge in [-0.2, -0.15) is 0 Å². The smallest absolute Gasteiger partial charge is 0.00900 e. The topological polar surface area (TPSA) is 12.0 Å². The molecule has 1 fully saturated rings. The fraction of sp³-hybridized carbons (Fsp3) is 1.00. The fourth-order valence-corrected chi connectivity index (χ4v) is 1.45. The third-order valence-corrected chi connectivity index (χ3v) is 2.15. The van der Waals surface area contributed by atoms with Gasteiger partial charge in [-0.25, -0.2) is 0 Å². The molecule has 1 atom stereocenters. The Morgan fingerprint density at radius 3 is 2.30 bits per heavy atom. The van der Waals surface area contributed by atoms with Crippen LogP contribution in [-0.2, 0) is 0 Å². The van der Waals surface area contributed by atoms with E-state index in [0.717, 1.165) is 12.0 Å². The van der Waals surface area contributed by atoms with E-state index in [1.165, 1.54) is 25.8 Å². The Kier molecular flexibility index (Phi) is 5.10. The van der Waals surface area contributed by atoms with E-state index in [1.807, 2.05) is 0 Å². The molecule has 1 aliphatic rings. The van der Waals surface area contributed by atoms with Crippen LogP contribution in [0.25, 0.3) is 0 Å². The summed E-state index contributed by atoms with van der Waals surface area (Å²) < 4.78 is 0. The van der Waals surface area contributed by atoms with Crippen LogP contribution in [0.3, 0.4) is 0 Å². The Bertz CT molecular complexity index is 77.3. The van der Waals surface area contributed by atoms with Gasteiger partial charge in [-0.05, 0) is 25.3 Å². The van der Waals surface area contributed by atoms with E-state index >= 15 is 0 Å². The number of hydrogen-bond acceptors (Lipinski definition) is 1. The van der Waals surface area contributed by atoms with E-state index in [9.17, 15) is 0 Å². The molecule has 0 aliphatic carbocycles. The number of halogens is 1. The average Bonchev–Trinajstić information content (AvgIpc) is 1.90. The summed E-state index contributed by atoms with van der Waals surface area (Å²) in [5.74, 6) is 0.824. The highest BCUT2D eigenvalue weighted by Gasteiger charge is 2.14. The van der Waals surface area contributed by atoms with Gasteiger partial charge in [0.15, 0.2) is 0 Å². The zero-order valence-corrected chi connectivity index (χ0v) is 7.71. The predicted octanol–water partition coefficient (Wildman–Crippen LogP) is 2.21. The van der Waals surface area contributed by atoms with E-state index in [-0.39, 0.29) is 12.4 Å². The highest BCUT2D eigenvalue weighted by molar-refractivity contribution is 5.85. The molecule has 1 aliphatic heterocycles. The first-order valence-corrected chi connectivity index (χ1v) is 4.04. The molecule has 0 aromatic carbocycles. The number of piperidine rings is 1. The van der Waals surface area contributed by atoms with Gasteiger partial charge in [0.05, 0.1) is 0 Å². The van der Waals surface area contributed by atoms with Crippen molar-refractivity contribution in [1.82, 2.24) is 5.32 Å². The van der Waals surface area contributed by atoms with Crippen molar-refractivity contribution in [1.29, 1.82) is 0 Å². The van der Waals surface area contributed by atoms with Gasteiger partial charge in [0.25, 0.3) is 0 Å². The first-order chi connectivity index (χ1) is 4.30. The molecule has 0 saturated carbocycles. The molecular weight excluding hydrogens is 146 g/mol. The molecule has 1 heterocycles. The first-order valence-electron chi connectivity index (χ1n) is 4.04. The maximum atomic E-state index is 3.52. The quantitative estimate of drug-likeness (QED) is 0.625. The van der Waals surface area contributed by atoms with Crippen molar-refractivity contribution >= 4 is 12.4 Å². The summed E-state index contributed by atoms with van der Waals surface area (Å²) in [5, 5.41) is 3.52. The summed E-state index contributed by atoms with van der Waals surface area (Å²) in [5.41, 5.74) is 0.